The number of rotatable bonds is 5. The summed E-state index contributed by atoms with van der Waals surface area (Å²) >= 11 is 7.26. The van der Waals surface area contributed by atoms with E-state index in [1.54, 1.807) is 16.8 Å². The lowest BCUT2D eigenvalue weighted by Gasteiger charge is -2.28. The summed E-state index contributed by atoms with van der Waals surface area (Å²) in [5.74, 6) is -6.46. The molecule has 2 aromatic rings. The van der Waals surface area contributed by atoms with E-state index in [1.165, 1.54) is 17.4 Å². The number of thiophene rings is 1. The van der Waals surface area contributed by atoms with Crippen LogP contribution in [0.2, 0.25) is 0 Å². The van der Waals surface area contributed by atoms with Crippen LogP contribution in [0.25, 0.3) is 0 Å². The van der Waals surface area contributed by atoms with Gasteiger partial charge in [0, 0.05) is 15.4 Å². The van der Waals surface area contributed by atoms with Crippen LogP contribution < -0.4 is 0 Å². The Balaban J connectivity index is 2.58. The van der Waals surface area contributed by atoms with Crippen LogP contribution in [0.1, 0.15) is 11.1 Å². The molecule has 0 aliphatic heterocycles. The molecule has 0 saturated carbocycles. The van der Waals surface area contributed by atoms with Crippen LogP contribution in [-0.4, -0.2) is 21.6 Å². The molecule has 0 saturated heterocycles. The maximum Gasteiger partial charge on any atom is 0.461 e. The third kappa shape index (κ3) is 4.02. The van der Waals surface area contributed by atoms with Crippen molar-refractivity contribution in [1.82, 2.24) is 0 Å². The van der Waals surface area contributed by atoms with Gasteiger partial charge >= 0.3 is 17.4 Å². The van der Waals surface area contributed by atoms with Gasteiger partial charge in [-0.3, -0.25) is 0 Å². The Morgan fingerprint density at radius 3 is 2.15 bits per heavy atom. The number of benzene rings is 1. The van der Waals surface area contributed by atoms with Crippen LogP contribution in [0.5, 0.6) is 0 Å². The molecule has 0 radical (unpaired) electrons. The lowest BCUT2D eigenvalue weighted by Crippen LogP contribution is -2.54. The Kier molecular flexibility index (Phi) is 6.31. The molecule has 0 aliphatic carbocycles. The van der Waals surface area contributed by atoms with E-state index < -0.39 is 33.0 Å². The first-order chi connectivity index (χ1) is 11.8. The van der Waals surface area contributed by atoms with Crippen molar-refractivity contribution in [2.24, 2.45) is 0 Å². The standard InChI is InChI=1S/C14H7Br2F7OS2/c15-8-4-10(16)9(3-7-1-2-25-6-7)11(5-8)26(24)14(22,23)12(17,18)13(19,20)21/h1-2,4-6H,3H2. The van der Waals surface area contributed by atoms with Crippen LogP contribution in [-0.2, 0) is 17.2 Å². The summed E-state index contributed by atoms with van der Waals surface area (Å²) < 4.78 is 104. The first-order valence-corrected chi connectivity index (χ1v) is 10.2. The van der Waals surface area contributed by atoms with E-state index in [-0.39, 0.29) is 20.9 Å². The fourth-order valence-corrected chi connectivity index (χ4v) is 5.52. The summed E-state index contributed by atoms with van der Waals surface area (Å²) in [6.07, 6.45) is -6.63. The lowest BCUT2D eigenvalue weighted by molar-refractivity contribution is -0.331. The summed E-state index contributed by atoms with van der Waals surface area (Å²) in [6.45, 7) is 0. The summed E-state index contributed by atoms with van der Waals surface area (Å²) in [6, 6.07) is 3.86. The minimum Gasteiger partial charge on any atom is -0.248 e. The van der Waals surface area contributed by atoms with Gasteiger partial charge in [-0.25, -0.2) is 4.21 Å². The Morgan fingerprint density at radius 2 is 1.65 bits per heavy atom. The van der Waals surface area contributed by atoms with Crippen LogP contribution in [0, 0.1) is 0 Å². The molecule has 1 unspecified atom stereocenters. The second kappa shape index (κ2) is 7.51. The van der Waals surface area contributed by atoms with Gasteiger partial charge in [0.05, 0.1) is 4.90 Å². The van der Waals surface area contributed by atoms with Gasteiger partial charge in [-0.2, -0.15) is 42.1 Å². The van der Waals surface area contributed by atoms with Crippen LogP contribution in [0.4, 0.5) is 30.7 Å². The molecule has 1 atom stereocenters. The highest BCUT2D eigenvalue weighted by molar-refractivity contribution is 9.11. The van der Waals surface area contributed by atoms with Crippen molar-refractivity contribution in [2.45, 2.75) is 28.7 Å². The van der Waals surface area contributed by atoms with Gasteiger partial charge in [-0.1, -0.05) is 31.9 Å². The van der Waals surface area contributed by atoms with Crippen molar-refractivity contribution in [2.75, 3.05) is 0 Å². The highest BCUT2D eigenvalue weighted by Crippen LogP contribution is 2.50. The van der Waals surface area contributed by atoms with Crippen molar-refractivity contribution in [3.05, 3.63) is 49.0 Å². The predicted octanol–water partition coefficient (Wildman–Crippen LogP) is 6.76. The van der Waals surface area contributed by atoms with Gasteiger partial charge in [0.15, 0.2) is 0 Å². The molecule has 0 N–H and O–H groups in total. The Bertz CT molecular complexity index is 819. The number of hydrogen-bond acceptors (Lipinski definition) is 2. The summed E-state index contributed by atoms with van der Waals surface area (Å²) in [5.41, 5.74) is 0.532. The molecule has 1 aromatic carbocycles. The second-order valence-corrected chi connectivity index (χ2v) is 9.07. The molecule has 0 fully saturated rings. The molecule has 0 aliphatic rings. The SMILES string of the molecule is O=S(c1cc(Br)cc(Br)c1Cc1ccsc1)C(F)(F)C(F)(F)C(F)(F)F. The monoisotopic (exact) mass is 546 g/mol. The Labute approximate surface area is 166 Å². The molecule has 2 rings (SSSR count). The maximum atomic E-state index is 13.9. The van der Waals surface area contributed by atoms with E-state index >= 15 is 0 Å². The van der Waals surface area contributed by atoms with Crippen molar-refractivity contribution in [1.29, 1.82) is 0 Å². The van der Waals surface area contributed by atoms with Gasteiger partial charge in [0.1, 0.15) is 10.8 Å². The fourth-order valence-electron chi connectivity index (χ4n) is 1.93. The summed E-state index contributed by atoms with van der Waals surface area (Å²) in [7, 11) is -3.96. The van der Waals surface area contributed by atoms with Crippen LogP contribution in [0.3, 0.4) is 0 Å². The van der Waals surface area contributed by atoms with Gasteiger partial charge in [0.25, 0.3) is 0 Å². The van der Waals surface area contributed by atoms with E-state index in [0.717, 1.165) is 6.07 Å². The first-order valence-electron chi connectivity index (χ1n) is 6.52. The highest BCUT2D eigenvalue weighted by atomic mass is 79.9. The molecule has 0 amide bonds. The smallest absolute Gasteiger partial charge is 0.248 e. The molecular formula is C14H7Br2F7OS2. The zero-order valence-corrected chi connectivity index (χ0v) is 17.0. The van der Waals surface area contributed by atoms with Crippen molar-refractivity contribution in [3.8, 4) is 0 Å². The second-order valence-electron chi connectivity index (χ2n) is 5.03. The topological polar surface area (TPSA) is 17.1 Å². The minimum absolute atomic E-state index is 0.0671. The lowest BCUT2D eigenvalue weighted by atomic mass is 10.1. The predicted molar refractivity (Wildman–Crippen MR) is 91.3 cm³/mol. The fraction of sp³-hybridized carbons (Fsp3) is 0.286. The zero-order valence-electron chi connectivity index (χ0n) is 12.2. The van der Waals surface area contributed by atoms with E-state index in [0.29, 0.717) is 5.56 Å². The first kappa shape index (κ1) is 21.8. The molecule has 0 bridgehead atoms. The van der Waals surface area contributed by atoms with E-state index in [1.807, 2.05) is 0 Å². The van der Waals surface area contributed by atoms with E-state index in [4.69, 9.17) is 0 Å². The van der Waals surface area contributed by atoms with Crippen LogP contribution in [0.15, 0.2) is 42.8 Å². The van der Waals surface area contributed by atoms with E-state index in [9.17, 15) is 34.9 Å². The molecule has 1 nitrogen and oxygen atoms in total. The maximum absolute atomic E-state index is 13.9. The average Bonchev–Trinajstić information content (AvgIpc) is 3.00. The largest absolute Gasteiger partial charge is 0.461 e. The zero-order chi connectivity index (χ0) is 19.9. The third-order valence-corrected chi connectivity index (χ3v) is 6.62. The van der Waals surface area contributed by atoms with Crippen molar-refractivity contribution >= 4 is 54.0 Å². The average molecular weight is 548 g/mol. The van der Waals surface area contributed by atoms with Crippen LogP contribution >= 0.6 is 43.2 Å². The normalized spacial score (nSPS) is 14.5. The molecule has 1 heterocycles. The molecule has 0 spiro atoms. The highest BCUT2D eigenvalue weighted by Gasteiger charge is 2.76. The molecule has 144 valence electrons. The van der Waals surface area contributed by atoms with Gasteiger partial charge < -0.3 is 0 Å². The number of halogens is 9. The number of alkyl halides is 7. The molecule has 26 heavy (non-hydrogen) atoms. The quantitative estimate of drug-likeness (QED) is 0.378. The summed E-state index contributed by atoms with van der Waals surface area (Å²) in [4.78, 5) is -0.814. The minimum atomic E-state index is -6.55. The summed E-state index contributed by atoms with van der Waals surface area (Å²) in [5, 5.41) is -2.54. The third-order valence-electron chi connectivity index (χ3n) is 3.23. The number of hydrogen-bond donors (Lipinski definition) is 0. The van der Waals surface area contributed by atoms with Gasteiger partial charge in [0.2, 0.25) is 0 Å². The Hall–Kier alpha value is -0.460. The molecule has 12 heteroatoms. The van der Waals surface area contributed by atoms with Gasteiger partial charge in [-0.05, 0) is 40.1 Å². The molecular weight excluding hydrogens is 541 g/mol. The van der Waals surface area contributed by atoms with Crippen molar-refractivity contribution < 1.29 is 34.9 Å². The van der Waals surface area contributed by atoms with E-state index in [2.05, 4.69) is 31.9 Å². The molecule has 1 aromatic heterocycles. The van der Waals surface area contributed by atoms with Gasteiger partial charge in [-0.15, -0.1) is 0 Å². The Morgan fingerprint density at radius 1 is 1.04 bits per heavy atom. The van der Waals surface area contributed by atoms with Crippen molar-refractivity contribution in [3.63, 3.8) is 0 Å².